The van der Waals surface area contributed by atoms with E-state index in [1.54, 1.807) is 24.3 Å². The first-order chi connectivity index (χ1) is 13.8. The fraction of sp³-hybridized carbons (Fsp3) is 0.238. The lowest BCUT2D eigenvalue weighted by Crippen LogP contribution is -2.44. The number of hydrogen-bond acceptors (Lipinski definition) is 4. The third-order valence-corrected chi connectivity index (χ3v) is 4.88. The number of carbonyl (C=O) groups is 1. The first-order valence-corrected chi connectivity index (χ1v) is 9.65. The Bertz CT molecular complexity index is 1150. The van der Waals surface area contributed by atoms with Gasteiger partial charge < -0.3 is 5.32 Å². The summed E-state index contributed by atoms with van der Waals surface area (Å²) in [7, 11) is 0. The quantitative estimate of drug-likeness (QED) is 0.455. The summed E-state index contributed by atoms with van der Waals surface area (Å²) in [5.41, 5.74) is 8.23. The van der Waals surface area contributed by atoms with E-state index in [2.05, 4.69) is 21.3 Å². The van der Waals surface area contributed by atoms with Gasteiger partial charge in [-0.1, -0.05) is 30.3 Å². The van der Waals surface area contributed by atoms with Crippen molar-refractivity contribution in [2.45, 2.75) is 33.7 Å². The van der Waals surface area contributed by atoms with Crippen molar-refractivity contribution in [3.05, 3.63) is 69.6 Å². The average molecular weight is 410 g/mol. The van der Waals surface area contributed by atoms with Crippen LogP contribution in [0.1, 0.15) is 41.5 Å². The number of thiocarbonyl (C=S) groups is 1. The first kappa shape index (κ1) is 20.5. The Balaban J connectivity index is 1.81. The minimum absolute atomic E-state index is 0.149. The van der Waals surface area contributed by atoms with Crippen LogP contribution in [0, 0.1) is 13.8 Å². The largest absolute Gasteiger partial charge is 0.331 e. The number of nitrogens with one attached hydrogen (secondary N) is 3. The number of aryl methyl sites for hydroxylation is 1. The van der Waals surface area contributed by atoms with Crippen molar-refractivity contribution in [1.82, 2.24) is 20.6 Å². The number of hydrogen-bond donors (Lipinski definition) is 3. The van der Waals surface area contributed by atoms with E-state index in [0.29, 0.717) is 10.8 Å². The van der Waals surface area contributed by atoms with Gasteiger partial charge in [-0.3, -0.25) is 20.4 Å². The van der Waals surface area contributed by atoms with Crippen molar-refractivity contribution in [3.8, 4) is 0 Å². The Hall–Kier alpha value is -3.26. The van der Waals surface area contributed by atoms with Crippen molar-refractivity contribution in [2.75, 3.05) is 5.32 Å². The number of nitrogens with zero attached hydrogens (tertiary/aromatic N) is 2. The maximum absolute atomic E-state index is 12.8. The van der Waals surface area contributed by atoms with Crippen LogP contribution in [0.25, 0.3) is 10.8 Å². The van der Waals surface area contributed by atoms with Gasteiger partial charge in [0.2, 0.25) is 0 Å². The van der Waals surface area contributed by atoms with Gasteiger partial charge in [0, 0.05) is 11.1 Å². The number of aromatic nitrogens is 2. The highest BCUT2D eigenvalue weighted by Crippen LogP contribution is 2.18. The molecule has 3 N–H and O–H groups in total. The van der Waals surface area contributed by atoms with E-state index in [0.717, 1.165) is 16.8 Å². The molecule has 0 radical (unpaired) electrons. The highest BCUT2D eigenvalue weighted by atomic mass is 32.1. The highest BCUT2D eigenvalue weighted by molar-refractivity contribution is 7.80. The van der Waals surface area contributed by atoms with E-state index in [9.17, 15) is 9.59 Å². The molecule has 0 spiro atoms. The summed E-state index contributed by atoms with van der Waals surface area (Å²) in [5, 5.41) is 8.51. The van der Waals surface area contributed by atoms with Crippen molar-refractivity contribution in [2.24, 2.45) is 0 Å². The van der Waals surface area contributed by atoms with Crippen LogP contribution in [-0.4, -0.2) is 20.8 Å². The van der Waals surface area contributed by atoms with Crippen molar-refractivity contribution in [3.63, 3.8) is 0 Å². The van der Waals surface area contributed by atoms with Crippen LogP contribution in [0.15, 0.2) is 47.3 Å². The molecule has 0 atom stereocenters. The Morgan fingerprint density at radius 1 is 1.03 bits per heavy atom. The zero-order valence-electron chi connectivity index (χ0n) is 16.7. The van der Waals surface area contributed by atoms with Crippen LogP contribution in [-0.2, 0) is 0 Å². The first-order valence-electron chi connectivity index (χ1n) is 9.24. The molecule has 7 nitrogen and oxygen atoms in total. The van der Waals surface area contributed by atoms with Crippen LogP contribution in [0.2, 0.25) is 0 Å². The van der Waals surface area contributed by atoms with E-state index >= 15 is 0 Å². The topological polar surface area (TPSA) is 88.0 Å². The lowest BCUT2D eigenvalue weighted by Gasteiger charge is -2.16. The summed E-state index contributed by atoms with van der Waals surface area (Å²) < 4.78 is 1.31. The van der Waals surface area contributed by atoms with E-state index in [1.165, 1.54) is 4.68 Å². The fourth-order valence-corrected chi connectivity index (χ4v) is 3.10. The molecular weight excluding hydrogens is 386 g/mol. The molecule has 2 aromatic carbocycles. The lowest BCUT2D eigenvalue weighted by atomic mass is 10.1. The van der Waals surface area contributed by atoms with Gasteiger partial charge >= 0.3 is 0 Å². The molecular formula is C21H23N5O2S. The third-order valence-electron chi connectivity index (χ3n) is 4.68. The van der Waals surface area contributed by atoms with Crippen LogP contribution < -0.4 is 21.7 Å². The second-order valence-corrected chi connectivity index (χ2v) is 7.43. The number of carbonyl (C=O) groups excluding carboxylic acids is 1. The minimum Gasteiger partial charge on any atom is -0.331 e. The SMILES string of the molecule is Cc1cccc(NC(=S)NNC(=O)c2nn(C(C)C)c(=O)c3ccccc23)c1C. The van der Waals surface area contributed by atoms with E-state index in [4.69, 9.17) is 12.2 Å². The molecule has 0 aliphatic rings. The molecule has 1 amide bonds. The Morgan fingerprint density at radius 2 is 1.72 bits per heavy atom. The maximum atomic E-state index is 12.8. The van der Waals surface area contributed by atoms with Crippen molar-refractivity contribution >= 4 is 39.7 Å². The number of anilines is 1. The van der Waals surface area contributed by atoms with Crippen LogP contribution in [0.5, 0.6) is 0 Å². The van der Waals surface area contributed by atoms with Crippen molar-refractivity contribution < 1.29 is 4.79 Å². The molecule has 0 saturated heterocycles. The van der Waals surface area contributed by atoms with Gasteiger partial charge in [-0.05, 0) is 63.2 Å². The molecule has 29 heavy (non-hydrogen) atoms. The van der Waals surface area contributed by atoms with Gasteiger partial charge in [0.1, 0.15) is 0 Å². The molecule has 3 aromatic rings. The number of amides is 1. The fourth-order valence-electron chi connectivity index (χ4n) is 2.94. The van der Waals surface area contributed by atoms with Gasteiger partial charge in [-0.2, -0.15) is 5.10 Å². The second kappa shape index (κ2) is 8.40. The second-order valence-electron chi connectivity index (χ2n) is 7.02. The summed E-state index contributed by atoms with van der Waals surface area (Å²) >= 11 is 5.28. The van der Waals surface area contributed by atoms with Crippen LogP contribution in [0.4, 0.5) is 5.69 Å². The maximum Gasteiger partial charge on any atom is 0.290 e. The predicted molar refractivity (Wildman–Crippen MR) is 119 cm³/mol. The molecule has 1 heterocycles. The summed E-state index contributed by atoms with van der Waals surface area (Å²) in [4.78, 5) is 25.4. The van der Waals surface area contributed by atoms with Crippen molar-refractivity contribution in [1.29, 1.82) is 0 Å². The smallest absolute Gasteiger partial charge is 0.290 e. The normalized spacial score (nSPS) is 10.8. The lowest BCUT2D eigenvalue weighted by molar-refractivity contribution is 0.0938. The van der Waals surface area contributed by atoms with Crippen LogP contribution in [0.3, 0.4) is 0 Å². The van der Waals surface area contributed by atoms with Gasteiger partial charge in [-0.25, -0.2) is 4.68 Å². The molecule has 0 fully saturated rings. The monoisotopic (exact) mass is 409 g/mol. The third kappa shape index (κ3) is 4.27. The predicted octanol–water partition coefficient (Wildman–Crippen LogP) is 3.23. The summed E-state index contributed by atoms with van der Waals surface area (Å²) in [6.45, 7) is 7.68. The van der Waals surface area contributed by atoms with E-state index in [1.807, 2.05) is 45.9 Å². The molecule has 8 heteroatoms. The number of hydrazine groups is 1. The minimum atomic E-state index is -0.485. The molecule has 150 valence electrons. The molecule has 0 aliphatic heterocycles. The summed E-state index contributed by atoms with van der Waals surface area (Å²) in [6, 6.07) is 12.6. The van der Waals surface area contributed by atoms with Crippen LogP contribution >= 0.6 is 12.2 Å². The van der Waals surface area contributed by atoms with E-state index < -0.39 is 5.91 Å². The van der Waals surface area contributed by atoms with E-state index in [-0.39, 0.29) is 22.4 Å². The molecule has 0 saturated carbocycles. The van der Waals surface area contributed by atoms with Gasteiger partial charge in [0.15, 0.2) is 10.8 Å². The Kier molecular flexibility index (Phi) is 5.93. The molecule has 0 unspecified atom stereocenters. The van der Waals surface area contributed by atoms with Gasteiger partial charge in [-0.15, -0.1) is 0 Å². The average Bonchev–Trinajstić information content (AvgIpc) is 2.70. The zero-order chi connectivity index (χ0) is 21.1. The number of rotatable bonds is 3. The standard InChI is InChI=1S/C21H23N5O2S/c1-12(2)26-20(28)16-10-6-5-9-15(16)18(25-26)19(27)23-24-21(29)22-17-11-7-8-13(3)14(17)4/h5-12H,1-4H3,(H,23,27)(H2,22,24,29). The number of benzene rings is 2. The summed E-state index contributed by atoms with van der Waals surface area (Å²) in [6.07, 6.45) is 0. The molecule has 0 bridgehead atoms. The summed E-state index contributed by atoms with van der Waals surface area (Å²) in [5.74, 6) is -0.485. The van der Waals surface area contributed by atoms with Gasteiger partial charge in [0.25, 0.3) is 11.5 Å². The Labute approximate surface area is 174 Å². The van der Waals surface area contributed by atoms with Gasteiger partial charge in [0.05, 0.1) is 11.4 Å². The zero-order valence-corrected chi connectivity index (χ0v) is 17.6. The molecule has 0 aliphatic carbocycles. The number of fused-ring (bicyclic) bond motifs is 1. The molecule has 3 rings (SSSR count). The highest BCUT2D eigenvalue weighted by Gasteiger charge is 2.18. The Morgan fingerprint density at radius 3 is 2.41 bits per heavy atom. The molecule has 1 aromatic heterocycles.